The third-order valence-electron chi connectivity index (χ3n) is 7.36. The van der Waals surface area contributed by atoms with Crippen LogP contribution < -0.4 is 14.4 Å². The Labute approximate surface area is 284 Å². The van der Waals surface area contributed by atoms with E-state index in [2.05, 4.69) is 21.2 Å². The summed E-state index contributed by atoms with van der Waals surface area (Å²) in [5.74, 6) is -0.694. The minimum Gasteiger partial charge on any atom is -0.495 e. The average molecular weight is 727 g/mol. The molecule has 242 valence electrons. The van der Waals surface area contributed by atoms with E-state index in [1.54, 1.807) is 24.3 Å². The van der Waals surface area contributed by atoms with Gasteiger partial charge in [0.2, 0.25) is 11.8 Å². The molecule has 1 atom stereocenters. The Kier molecular flexibility index (Phi) is 12.3. The van der Waals surface area contributed by atoms with Crippen molar-refractivity contribution in [2.75, 3.05) is 24.5 Å². The predicted molar refractivity (Wildman–Crippen MR) is 186 cm³/mol. The van der Waals surface area contributed by atoms with E-state index in [0.717, 1.165) is 25.5 Å². The van der Waals surface area contributed by atoms with Gasteiger partial charge in [0, 0.05) is 29.0 Å². The van der Waals surface area contributed by atoms with Crippen LogP contribution in [-0.4, -0.2) is 51.4 Å². The molecule has 0 aliphatic carbocycles. The predicted octanol–water partition coefficient (Wildman–Crippen LogP) is 6.78. The van der Waals surface area contributed by atoms with Crippen LogP contribution in [-0.2, 0) is 32.6 Å². The van der Waals surface area contributed by atoms with Crippen molar-refractivity contribution in [1.82, 2.24) is 10.2 Å². The topological polar surface area (TPSA) is 96.0 Å². The van der Waals surface area contributed by atoms with Gasteiger partial charge in [-0.05, 0) is 66.9 Å². The zero-order valence-corrected chi connectivity index (χ0v) is 29.1. The van der Waals surface area contributed by atoms with Gasteiger partial charge in [0.05, 0.1) is 17.7 Å². The smallest absolute Gasteiger partial charge is 0.264 e. The van der Waals surface area contributed by atoms with Gasteiger partial charge in [0.15, 0.2) is 0 Å². The van der Waals surface area contributed by atoms with Crippen molar-refractivity contribution in [1.29, 1.82) is 0 Å². The van der Waals surface area contributed by atoms with Crippen LogP contribution in [0.3, 0.4) is 0 Å². The fraction of sp³-hybridized carbons (Fsp3) is 0.257. The number of halogens is 2. The third kappa shape index (κ3) is 8.90. The fourth-order valence-corrected chi connectivity index (χ4v) is 6.99. The lowest BCUT2D eigenvalue weighted by molar-refractivity contribution is -0.140. The molecule has 1 unspecified atom stereocenters. The Morgan fingerprint density at radius 2 is 1.63 bits per heavy atom. The van der Waals surface area contributed by atoms with Crippen LogP contribution in [0.25, 0.3) is 0 Å². The van der Waals surface area contributed by atoms with E-state index in [1.807, 2.05) is 68.4 Å². The van der Waals surface area contributed by atoms with Crippen molar-refractivity contribution in [2.24, 2.45) is 0 Å². The monoisotopic (exact) mass is 725 g/mol. The Bertz CT molecular complexity index is 1750. The highest BCUT2D eigenvalue weighted by molar-refractivity contribution is 9.10. The zero-order valence-electron chi connectivity index (χ0n) is 26.0. The quantitative estimate of drug-likeness (QED) is 0.155. The van der Waals surface area contributed by atoms with Gasteiger partial charge in [-0.1, -0.05) is 94.6 Å². The molecule has 0 spiro atoms. The third-order valence-corrected chi connectivity index (χ3v) is 9.86. The number of aryl methyl sites for hydroxylation is 1. The number of ether oxygens (including phenoxy) is 1. The van der Waals surface area contributed by atoms with Crippen LogP contribution in [0.5, 0.6) is 5.75 Å². The van der Waals surface area contributed by atoms with Gasteiger partial charge >= 0.3 is 0 Å². The molecule has 0 aromatic heterocycles. The van der Waals surface area contributed by atoms with Gasteiger partial charge in [-0.25, -0.2) is 8.42 Å². The average Bonchev–Trinajstić information content (AvgIpc) is 3.04. The van der Waals surface area contributed by atoms with Gasteiger partial charge in [-0.2, -0.15) is 0 Å². The van der Waals surface area contributed by atoms with Crippen LogP contribution >= 0.6 is 27.5 Å². The summed E-state index contributed by atoms with van der Waals surface area (Å²) >= 11 is 9.85. The Morgan fingerprint density at radius 3 is 2.28 bits per heavy atom. The summed E-state index contributed by atoms with van der Waals surface area (Å²) < 4.78 is 35.9. The normalized spacial score (nSPS) is 11.8. The Morgan fingerprint density at radius 1 is 0.935 bits per heavy atom. The molecule has 0 radical (unpaired) electrons. The minimum absolute atomic E-state index is 0.00649. The highest BCUT2D eigenvalue weighted by Crippen LogP contribution is 2.35. The van der Waals surface area contributed by atoms with Gasteiger partial charge in [-0.15, -0.1) is 0 Å². The van der Waals surface area contributed by atoms with Crippen LogP contribution in [0.1, 0.15) is 30.0 Å². The Hall–Kier alpha value is -3.86. The summed E-state index contributed by atoms with van der Waals surface area (Å²) in [5.41, 5.74) is 2.59. The van der Waals surface area contributed by atoms with Crippen molar-refractivity contribution in [3.8, 4) is 5.75 Å². The first-order valence-corrected chi connectivity index (χ1v) is 17.4. The number of anilines is 1. The van der Waals surface area contributed by atoms with Crippen LogP contribution in [0, 0.1) is 6.92 Å². The molecule has 4 rings (SSSR count). The molecule has 0 bridgehead atoms. The summed E-state index contributed by atoms with van der Waals surface area (Å²) in [6.45, 7) is 3.67. The molecule has 4 aromatic carbocycles. The molecular formula is C35H37BrClN3O5S. The number of hydrogen-bond donors (Lipinski definition) is 1. The summed E-state index contributed by atoms with van der Waals surface area (Å²) in [7, 11) is -2.89. The van der Waals surface area contributed by atoms with Crippen LogP contribution in [0.2, 0.25) is 5.02 Å². The number of nitrogens with zero attached hydrogens (tertiary/aromatic N) is 2. The van der Waals surface area contributed by atoms with E-state index in [4.69, 9.17) is 16.3 Å². The van der Waals surface area contributed by atoms with Gasteiger partial charge in [0.25, 0.3) is 10.0 Å². The number of carbonyl (C=O) groups is 2. The lowest BCUT2D eigenvalue weighted by atomic mass is 10.0. The number of rotatable bonds is 14. The zero-order chi connectivity index (χ0) is 33.3. The first-order valence-electron chi connectivity index (χ1n) is 14.8. The lowest BCUT2D eigenvalue weighted by Crippen LogP contribution is -2.53. The summed E-state index contributed by atoms with van der Waals surface area (Å²) in [4.78, 5) is 29.8. The van der Waals surface area contributed by atoms with E-state index < -0.39 is 28.5 Å². The minimum atomic E-state index is -4.31. The molecule has 4 aromatic rings. The van der Waals surface area contributed by atoms with Crippen molar-refractivity contribution in [3.63, 3.8) is 0 Å². The molecule has 1 N–H and O–H groups in total. The summed E-state index contributed by atoms with van der Waals surface area (Å²) in [6.07, 6.45) is 0.932. The second kappa shape index (κ2) is 16.1. The standard InChI is InChI=1S/C35H37BrClN3O5S/c1-4-19-38-35(42)32(21-26-9-6-5-7-10-26)39(23-27-11-8-12-28(36)20-27)34(41)24-40(31-22-29(37)15-18-33(31)45-3)46(43,44)30-16-13-25(2)14-17-30/h5-18,20,22,32H,4,19,21,23-24H2,1-3H3,(H,38,42). The lowest BCUT2D eigenvalue weighted by Gasteiger charge is -2.34. The first-order chi connectivity index (χ1) is 22.0. The summed E-state index contributed by atoms with van der Waals surface area (Å²) in [6, 6.07) is 26.9. The highest BCUT2D eigenvalue weighted by atomic mass is 79.9. The van der Waals surface area contributed by atoms with Crippen molar-refractivity contribution < 1.29 is 22.7 Å². The molecule has 8 nitrogen and oxygen atoms in total. The highest BCUT2D eigenvalue weighted by Gasteiger charge is 2.35. The van der Waals surface area contributed by atoms with Gasteiger partial charge < -0.3 is 15.0 Å². The maximum atomic E-state index is 14.6. The van der Waals surface area contributed by atoms with E-state index in [9.17, 15) is 18.0 Å². The number of amides is 2. The molecule has 11 heteroatoms. The molecule has 46 heavy (non-hydrogen) atoms. The second-order valence-electron chi connectivity index (χ2n) is 10.8. The molecule has 0 aliphatic rings. The van der Waals surface area contributed by atoms with Crippen molar-refractivity contribution in [2.45, 2.75) is 44.2 Å². The largest absolute Gasteiger partial charge is 0.495 e. The molecule has 2 amide bonds. The van der Waals surface area contributed by atoms with Crippen molar-refractivity contribution in [3.05, 3.63) is 123 Å². The SMILES string of the molecule is CCCNC(=O)C(Cc1ccccc1)N(Cc1cccc(Br)c1)C(=O)CN(c1cc(Cl)ccc1OC)S(=O)(=O)c1ccc(C)cc1. The fourth-order valence-electron chi connectivity index (χ4n) is 4.96. The summed E-state index contributed by atoms with van der Waals surface area (Å²) in [5, 5.41) is 3.21. The molecular weight excluding hydrogens is 690 g/mol. The number of carbonyl (C=O) groups excluding carboxylic acids is 2. The maximum absolute atomic E-state index is 14.6. The molecule has 0 aliphatic heterocycles. The molecule has 0 fully saturated rings. The number of hydrogen-bond acceptors (Lipinski definition) is 5. The maximum Gasteiger partial charge on any atom is 0.264 e. The van der Waals surface area contributed by atoms with E-state index >= 15 is 0 Å². The van der Waals surface area contributed by atoms with E-state index in [0.29, 0.717) is 13.0 Å². The van der Waals surface area contributed by atoms with Crippen LogP contribution in [0.4, 0.5) is 5.69 Å². The molecule has 0 saturated carbocycles. The molecule has 0 saturated heterocycles. The Balaban J connectivity index is 1.85. The second-order valence-corrected chi connectivity index (χ2v) is 14.0. The number of sulfonamides is 1. The van der Waals surface area contributed by atoms with Gasteiger partial charge in [-0.3, -0.25) is 13.9 Å². The number of benzene rings is 4. The van der Waals surface area contributed by atoms with Gasteiger partial charge in [0.1, 0.15) is 18.3 Å². The molecule has 0 heterocycles. The van der Waals surface area contributed by atoms with E-state index in [1.165, 1.54) is 30.2 Å². The van der Waals surface area contributed by atoms with E-state index in [-0.39, 0.29) is 40.2 Å². The number of methoxy groups -OCH3 is 1. The van der Waals surface area contributed by atoms with Crippen LogP contribution in [0.15, 0.2) is 106 Å². The first kappa shape index (κ1) is 35.0. The van der Waals surface area contributed by atoms with Crippen molar-refractivity contribution >= 4 is 55.1 Å². The number of nitrogens with one attached hydrogen (secondary N) is 1.